The lowest BCUT2D eigenvalue weighted by atomic mass is 10.1. The number of halogens is 3. The van der Waals surface area contributed by atoms with Crippen molar-refractivity contribution in [2.45, 2.75) is 48.2 Å². The maximum atomic E-state index is 12.4. The Balaban J connectivity index is 0. The highest BCUT2D eigenvalue weighted by atomic mass is 19.4. The van der Waals surface area contributed by atoms with Crippen molar-refractivity contribution in [3.05, 3.63) is 53.7 Å². The molecule has 4 heteroatoms. The van der Waals surface area contributed by atoms with Crippen LogP contribution in [-0.2, 0) is 6.18 Å². The van der Waals surface area contributed by atoms with Crippen LogP contribution in [0.25, 0.3) is 11.3 Å². The molecule has 0 atom stereocenters. The molecule has 2 aromatic rings. The van der Waals surface area contributed by atoms with Crippen molar-refractivity contribution in [3.63, 3.8) is 0 Å². The number of pyridine rings is 1. The van der Waals surface area contributed by atoms with Gasteiger partial charge in [-0.05, 0) is 36.8 Å². The minimum absolute atomic E-state index is 0. The van der Waals surface area contributed by atoms with Gasteiger partial charge in [-0.3, -0.25) is 4.98 Å². The third-order valence-electron chi connectivity index (χ3n) is 2.42. The van der Waals surface area contributed by atoms with E-state index in [1.807, 2.05) is 46.8 Å². The van der Waals surface area contributed by atoms with Gasteiger partial charge in [0.1, 0.15) is 0 Å². The minimum Gasteiger partial charge on any atom is -0.256 e. The zero-order valence-corrected chi connectivity index (χ0v) is 13.1. The molecule has 124 valence electrons. The second kappa shape index (κ2) is 10.8. The number of benzene rings is 1. The molecule has 1 heterocycles. The van der Waals surface area contributed by atoms with Crippen LogP contribution in [0.1, 0.15) is 46.2 Å². The Morgan fingerprint density at radius 1 is 0.864 bits per heavy atom. The fourth-order valence-electron chi connectivity index (χ4n) is 1.52. The highest BCUT2D eigenvalue weighted by molar-refractivity contribution is 5.60. The fourth-order valence-corrected chi connectivity index (χ4v) is 1.52. The van der Waals surface area contributed by atoms with Gasteiger partial charge in [-0.25, -0.2) is 0 Å². The Kier molecular flexibility index (Phi) is 11.0. The average Bonchev–Trinajstić information content (AvgIpc) is 2.51. The quantitative estimate of drug-likeness (QED) is 0.566. The maximum absolute atomic E-state index is 12.4. The smallest absolute Gasteiger partial charge is 0.256 e. The lowest BCUT2D eigenvalue weighted by Crippen LogP contribution is -2.04. The van der Waals surface area contributed by atoms with Gasteiger partial charge in [-0.2, -0.15) is 13.2 Å². The summed E-state index contributed by atoms with van der Waals surface area (Å²) < 4.78 is 37.1. The summed E-state index contributed by atoms with van der Waals surface area (Å²) in [6.07, 6.45) is -2.65. The molecule has 0 fully saturated rings. The maximum Gasteiger partial charge on any atom is 0.416 e. The SMILES string of the molecule is C.CC.CC.Cc1ccnc(-c2ccc(C(F)(F)F)cc2)c1. The molecule has 0 saturated carbocycles. The zero-order chi connectivity index (χ0) is 16.5. The summed E-state index contributed by atoms with van der Waals surface area (Å²) in [6.45, 7) is 9.91. The van der Waals surface area contributed by atoms with Crippen molar-refractivity contribution in [3.8, 4) is 11.3 Å². The van der Waals surface area contributed by atoms with Crippen molar-refractivity contribution >= 4 is 0 Å². The van der Waals surface area contributed by atoms with Crippen LogP contribution < -0.4 is 0 Å². The van der Waals surface area contributed by atoms with E-state index in [4.69, 9.17) is 0 Å². The predicted molar refractivity (Wildman–Crippen MR) is 88.8 cm³/mol. The molecule has 0 radical (unpaired) electrons. The largest absolute Gasteiger partial charge is 0.416 e. The van der Waals surface area contributed by atoms with Gasteiger partial charge in [0.25, 0.3) is 0 Å². The molecule has 2 rings (SSSR count). The Morgan fingerprint density at radius 2 is 1.36 bits per heavy atom. The Labute approximate surface area is 132 Å². The summed E-state index contributed by atoms with van der Waals surface area (Å²) in [6, 6.07) is 8.68. The number of alkyl halides is 3. The number of aromatic nitrogens is 1. The summed E-state index contributed by atoms with van der Waals surface area (Å²) in [4.78, 5) is 4.12. The van der Waals surface area contributed by atoms with Gasteiger partial charge in [0.05, 0.1) is 11.3 Å². The standard InChI is InChI=1S/C13H10F3N.2C2H6.CH4/c1-9-6-7-17-12(8-9)10-2-4-11(5-3-10)13(14,15)16;2*1-2;/h2-8H,1H3;2*1-2H3;1H4. The van der Waals surface area contributed by atoms with E-state index in [1.54, 1.807) is 6.20 Å². The summed E-state index contributed by atoms with van der Waals surface area (Å²) in [5.74, 6) is 0. The van der Waals surface area contributed by atoms with Gasteiger partial charge in [0.15, 0.2) is 0 Å². The van der Waals surface area contributed by atoms with E-state index in [9.17, 15) is 13.2 Å². The van der Waals surface area contributed by atoms with Crippen LogP contribution >= 0.6 is 0 Å². The number of hydrogen-bond acceptors (Lipinski definition) is 1. The van der Waals surface area contributed by atoms with Crippen molar-refractivity contribution in [2.75, 3.05) is 0 Å². The van der Waals surface area contributed by atoms with Crippen LogP contribution in [-0.4, -0.2) is 4.98 Å². The second-order valence-electron chi connectivity index (χ2n) is 3.79. The second-order valence-corrected chi connectivity index (χ2v) is 3.79. The van der Waals surface area contributed by atoms with Crippen molar-refractivity contribution < 1.29 is 13.2 Å². The Hall–Kier alpha value is -1.84. The molecule has 0 N–H and O–H groups in total. The first-order valence-electron chi connectivity index (χ1n) is 7.07. The van der Waals surface area contributed by atoms with E-state index < -0.39 is 11.7 Å². The normalized spacial score (nSPS) is 9.45. The first-order chi connectivity index (χ1) is 9.97. The molecule has 1 aromatic heterocycles. The van der Waals surface area contributed by atoms with Crippen LogP contribution in [0.3, 0.4) is 0 Å². The molecule has 0 bridgehead atoms. The van der Waals surface area contributed by atoms with Crippen molar-refractivity contribution in [2.24, 2.45) is 0 Å². The summed E-state index contributed by atoms with van der Waals surface area (Å²) in [5.41, 5.74) is 1.74. The Morgan fingerprint density at radius 3 is 1.77 bits per heavy atom. The number of aryl methyl sites for hydroxylation is 1. The zero-order valence-electron chi connectivity index (χ0n) is 13.1. The van der Waals surface area contributed by atoms with Crippen LogP contribution in [0, 0.1) is 6.92 Å². The van der Waals surface area contributed by atoms with Gasteiger partial charge in [-0.1, -0.05) is 47.3 Å². The van der Waals surface area contributed by atoms with Crippen LogP contribution in [0.2, 0.25) is 0 Å². The number of hydrogen-bond donors (Lipinski definition) is 0. The molecule has 0 unspecified atom stereocenters. The van der Waals surface area contributed by atoms with E-state index >= 15 is 0 Å². The predicted octanol–water partition coefficient (Wildman–Crippen LogP) is 6.76. The monoisotopic (exact) mass is 313 g/mol. The lowest BCUT2D eigenvalue weighted by molar-refractivity contribution is -0.137. The molecule has 1 nitrogen and oxygen atoms in total. The Bertz CT molecular complexity index is 517. The van der Waals surface area contributed by atoms with Gasteiger partial charge in [0.2, 0.25) is 0 Å². The van der Waals surface area contributed by atoms with E-state index in [-0.39, 0.29) is 7.43 Å². The van der Waals surface area contributed by atoms with Crippen LogP contribution in [0.5, 0.6) is 0 Å². The summed E-state index contributed by atoms with van der Waals surface area (Å²) in [5, 5.41) is 0. The van der Waals surface area contributed by atoms with E-state index in [0.29, 0.717) is 11.3 Å². The van der Waals surface area contributed by atoms with E-state index in [2.05, 4.69) is 4.98 Å². The van der Waals surface area contributed by atoms with Gasteiger partial charge >= 0.3 is 6.18 Å². The minimum atomic E-state index is -4.29. The lowest BCUT2D eigenvalue weighted by Gasteiger charge is -2.07. The average molecular weight is 313 g/mol. The van der Waals surface area contributed by atoms with Gasteiger partial charge in [0, 0.05) is 11.8 Å². The fraction of sp³-hybridized carbons (Fsp3) is 0.389. The van der Waals surface area contributed by atoms with Crippen LogP contribution in [0.4, 0.5) is 13.2 Å². The van der Waals surface area contributed by atoms with E-state index in [0.717, 1.165) is 17.7 Å². The first-order valence-corrected chi connectivity index (χ1v) is 7.07. The third kappa shape index (κ3) is 6.74. The molecule has 0 aliphatic carbocycles. The molecule has 0 aliphatic heterocycles. The third-order valence-corrected chi connectivity index (χ3v) is 2.42. The summed E-state index contributed by atoms with van der Waals surface area (Å²) >= 11 is 0. The number of nitrogens with zero attached hydrogens (tertiary/aromatic N) is 1. The summed E-state index contributed by atoms with van der Waals surface area (Å²) in [7, 11) is 0. The molecule has 0 amide bonds. The molecule has 0 aliphatic rings. The molecule has 22 heavy (non-hydrogen) atoms. The highest BCUT2D eigenvalue weighted by Gasteiger charge is 2.29. The van der Waals surface area contributed by atoms with Crippen molar-refractivity contribution in [1.29, 1.82) is 0 Å². The van der Waals surface area contributed by atoms with Gasteiger partial charge < -0.3 is 0 Å². The molecule has 1 aromatic carbocycles. The van der Waals surface area contributed by atoms with Crippen molar-refractivity contribution in [1.82, 2.24) is 4.98 Å². The topological polar surface area (TPSA) is 12.9 Å². The highest BCUT2D eigenvalue weighted by Crippen LogP contribution is 2.30. The first kappa shape index (κ1) is 22.4. The number of rotatable bonds is 1. The molecule has 0 spiro atoms. The molecular weight excluding hydrogens is 287 g/mol. The van der Waals surface area contributed by atoms with Gasteiger partial charge in [-0.15, -0.1) is 0 Å². The molecular formula is C18H26F3N. The van der Waals surface area contributed by atoms with Crippen LogP contribution in [0.15, 0.2) is 42.6 Å². The van der Waals surface area contributed by atoms with E-state index in [1.165, 1.54) is 12.1 Å². The molecule has 0 saturated heterocycles.